The fourth-order valence-corrected chi connectivity index (χ4v) is 2.87. The molecule has 0 radical (unpaired) electrons. The van der Waals surface area contributed by atoms with Gasteiger partial charge in [0.25, 0.3) is 5.56 Å². The third-order valence-electron chi connectivity index (χ3n) is 4.13. The highest BCUT2D eigenvalue weighted by molar-refractivity contribution is 5.94. The molecule has 0 unspecified atom stereocenters. The normalized spacial score (nSPS) is 10.7. The zero-order valence-corrected chi connectivity index (χ0v) is 13.3. The van der Waals surface area contributed by atoms with E-state index in [0.717, 1.165) is 16.3 Å². The molecule has 4 aromatic rings. The van der Waals surface area contributed by atoms with E-state index in [-0.39, 0.29) is 11.1 Å². The van der Waals surface area contributed by atoms with Gasteiger partial charge in [-0.15, -0.1) is 0 Å². The van der Waals surface area contributed by atoms with E-state index >= 15 is 0 Å². The largest absolute Gasteiger partial charge is 0.365 e. The van der Waals surface area contributed by atoms with Gasteiger partial charge in [-0.3, -0.25) is 9.20 Å². The Balaban J connectivity index is 1.89. The van der Waals surface area contributed by atoms with E-state index in [1.165, 1.54) is 4.40 Å². The molecule has 2 heterocycles. The number of hydrogen-bond acceptors (Lipinski definition) is 4. The molecule has 25 heavy (non-hydrogen) atoms. The van der Waals surface area contributed by atoms with E-state index in [0.29, 0.717) is 18.0 Å². The Hall–Kier alpha value is -3.65. The van der Waals surface area contributed by atoms with Crippen molar-refractivity contribution in [3.63, 3.8) is 0 Å². The second-order valence-corrected chi connectivity index (χ2v) is 5.69. The number of nitrogens with one attached hydrogen (secondary N) is 1. The number of nitrogens with zero attached hydrogens (tertiary/aromatic N) is 3. The molecule has 0 saturated carbocycles. The number of pyridine rings is 1. The Morgan fingerprint density at radius 3 is 2.60 bits per heavy atom. The van der Waals surface area contributed by atoms with Crippen molar-refractivity contribution in [1.82, 2.24) is 9.38 Å². The van der Waals surface area contributed by atoms with E-state index in [1.54, 1.807) is 6.20 Å². The van der Waals surface area contributed by atoms with Crippen molar-refractivity contribution in [1.29, 1.82) is 5.26 Å². The minimum absolute atomic E-state index is 0.0173. The summed E-state index contributed by atoms with van der Waals surface area (Å²) >= 11 is 0. The molecule has 0 atom stereocenters. The average Bonchev–Trinajstić information content (AvgIpc) is 2.67. The van der Waals surface area contributed by atoms with Crippen molar-refractivity contribution in [3.05, 3.63) is 88.3 Å². The van der Waals surface area contributed by atoms with Crippen LogP contribution >= 0.6 is 0 Å². The van der Waals surface area contributed by atoms with Gasteiger partial charge in [-0.05, 0) is 17.0 Å². The monoisotopic (exact) mass is 326 g/mol. The number of nitriles is 1. The Labute approximate surface area is 143 Å². The molecular formula is C20H14N4O. The van der Waals surface area contributed by atoms with Gasteiger partial charge >= 0.3 is 0 Å². The molecule has 120 valence electrons. The maximum absolute atomic E-state index is 12.7. The summed E-state index contributed by atoms with van der Waals surface area (Å²) in [5, 5.41) is 14.4. The molecule has 0 saturated heterocycles. The lowest BCUT2D eigenvalue weighted by molar-refractivity contribution is 1.02. The summed E-state index contributed by atoms with van der Waals surface area (Å²) in [7, 11) is 0. The molecule has 4 rings (SSSR count). The van der Waals surface area contributed by atoms with E-state index < -0.39 is 0 Å². The number of anilines is 1. The van der Waals surface area contributed by atoms with Crippen molar-refractivity contribution in [2.75, 3.05) is 5.32 Å². The van der Waals surface area contributed by atoms with Gasteiger partial charge < -0.3 is 5.32 Å². The fourth-order valence-electron chi connectivity index (χ4n) is 2.87. The Morgan fingerprint density at radius 1 is 1.04 bits per heavy atom. The van der Waals surface area contributed by atoms with Crippen LogP contribution in [0.1, 0.15) is 11.1 Å². The van der Waals surface area contributed by atoms with Gasteiger partial charge in [0, 0.05) is 18.1 Å². The van der Waals surface area contributed by atoms with Crippen LogP contribution in [0.3, 0.4) is 0 Å². The fraction of sp³-hybridized carbons (Fsp3) is 0.0500. The summed E-state index contributed by atoms with van der Waals surface area (Å²) in [5.74, 6) is 0.313. The van der Waals surface area contributed by atoms with Gasteiger partial charge in [-0.2, -0.15) is 5.26 Å². The first-order valence-corrected chi connectivity index (χ1v) is 7.90. The molecule has 1 N–H and O–H groups in total. The van der Waals surface area contributed by atoms with E-state index in [9.17, 15) is 10.1 Å². The molecule has 0 spiro atoms. The number of hydrogen-bond donors (Lipinski definition) is 1. The second kappa shape index (κ2) is 6.10. The minimum Gasteiger partial charge on any atom is -0.365 e. The first-order valence-electron chi connectivity index (χ1n) is 7.90. The van der Waals surface area contributed by atoms with Crippen LogP contribution in [0.4, 0.5) is 5.82 Å². The van der Waals surface area contributed by atoms with Crippen LogP contribution in [0.25, 0.3) is 16.4 Å². The average molecular weight is 326 g/mol. The smallest absolute Gasteiger partial charge is 0.278 e. The summed E-state index contributed by atoms with van der Waals surface area (Å²) in [5.41, 5.74) is 1.24. The minimum atomic E-state index is -0.367. The quantitative estimate of drug-likeness (QED) is 0.586. The molecule has 0 bridgehead atoms. The van der Waals surface area contributed by atoms with Crippen LogP contribution in [-0.4, -0.2) is 9.38 Å². The lowest BCUT2D eigenvalue weighted by Gasteiger charge is -2.11. The molecule has 0 aliphatic rings. The van der Waals surface area contributed by atoms with Crippen molar-refractivity contribution in [2.45, 2.75) is 6.54 Å². The Bertz CT molecular complexity index is 1170. The number of rotatable bonds is 3. The van der Waals surface area contributed by atoms with Crippen molar-refractivity contribution < 1.29 is 0 Å². The van der Waals surface area contributed by atoms with E-state index in [1.807, 2.05) is 66.7 Å². The van der Waals surface area contributed by atoms with Crippen LogP contribution < -0.4 is 10.9 Å². The third kappa shape index (κ3) is 2.60. The summed E-state index contributed by atoms with van der Waals surface area (Å²) in [6.45, 7) is 0.489. The van der Waals surface area contributed by atoms with Crippen LogP contribution in [-0.2, 0) is 6.54 Å². The number of aromatic nitrogens is 2. The second-order valence-electron chi connectivity index (χ2n) is 5.69. The maximum Gasteiger partial charge on any atom is 0.278 e. The lowest BCUT2D eigenvalue weighted by atomic mass is 10.1. The number of benzene rings is 2. The molecule has 0 fully saturated rings. The van der Waals surface area contributed by atoms with E-state index in [4.69, 9.17) is 0 Å². The molecular weight excluding hydrogens is 312 g/mol. The van der Waals surface area contributed by atoms with Gasteiger partial charge in [0.2, 0.25) is 0 Å². The van der Waals surface area contributed by atoms with Gasteiger partial charge in [0.1, 0.15) is 11.7 Å². The molecule has 5 nitrogen and oxygen atoms in total. The van der Waals surface area contributed by atoms with Crippen molar-refractivity contribution in [2.24, 2.45) is 0 Å². The van der Waals surface area contributed by atoms with E-state index in [2.05, 4.69) is 10.3 Å². The van der Waals surface area contributed by atoms with Gasteiger partial charge in [-0.25, -0.2) is 4.98 Å². The van der Waals surface area contributed by atoms with Gasteiger partial charge in [0.05, 0.1) is 0 Å². The highest BCUT2D eigenvalue weighted by Crippen LogP contribution is 2.20. The summed E-state index contributed by atoms with van der Waals surface area (Å²) in [6, 6.07) is 21.3. The van der Waals surface area contributed by atoms with Crippen LogP contribution in [0, 0.1) is 11.3 Å². The molecule has 2 aromatic heterocycles. The van der Waals surface area contributed by atoms with Gasteiger partial charge in [0.15, 0.2) is 11.4 Å². The summed E-state index contributed by atoms with van der Waals surface area (Å²) in [4.78, 5) is 17.3. The predicted octanol–water partition coefficient (Wildman–Crippen LogP) is 3.33. The highest BCUT2D eigenvalue weighted by Gasteiger charge is 2.14. The first kappa shape index (κ1) is 14.9. The van der Waals surface area contributed by atoms with Crippen LogP contribution in [0.5, 0.6) is 0 Å². The molecule has 2 aromatic carbocycles. The zero-order chi connectivity index (χ0) is 17.2. The van der Waals surface area contributed by atoms with Crippen LogP contribution in [0.2, 0.25) is 0 Å². The number of fused-ring (bicyclic) bond motifs is 3. The molecule has 0 aliphatic carbocycles. The summed E-state index contributed by atoms with van der Waals surface area (Å²) in [6.07, 6.45) is 1.66. The SMILES string of the molecule is N#Cc1c(NCc2ccccc2)nc2c3ccccc3ccn2c1=O. The first-order chi connectivity index (χ1) is 12.3. The standard InChI is InChI=1S/C20H14N4O/c21-12-17-18(22-13-14-6-2-1-3-7-14)23-19-16-9-5-4-8-15(16)10-11-24(19)20(17)25/h1-11,22H,13H2. The van der Waals surface area contributed by atoms with Gasteiger partial charge in [-0.1, -0.05) is 54.6 Å². The zero-order valence-electron chi connectivity index (χ0n) is 13.3. The topological polar surface area (TPSA) is 70.2 Å². The maximum atomic E-state index is 12.7. The van der Waals surface area contributed by atoms with Crippen molar-refractivity contribution >= 4 is 22.2 Å². The van der Waals surface area contributed by atoms with Crippen LogP contribution in [0.15, 0.2) is 71.7 Å². The predicted molar refractivity (Wildman–Crippen MR) is 97.5 cm³/mol. The highest BCUT2D eigenvalue weighted by atomic mass is 16.1. The summed E-state index contributed by atoms with van der Waals surface area (Å²) < 4.78 is 1.43. The third-order valence-corrected chi connectivity index (χ3v) is 4.13. The molecule has 0 amide bonds. The Morgan fingerprint density at radius 2 is 1.80 bits per heavy atom. The lowest BCUT2D eigenvalue weighted by Crippen LogP contribution is -2.21. The Kier molecular flexibility index (Phi) is 3.64. The molecule has 5 heteroatoms. The molecule has 0 aliphatic heterocycles. The van der Waals surface area contributed by atoms with Crippen molar-refractivity contribution in [3.8, 4) is 6.07 Å².